The molecule has 0 heterocycles. The largest absolute Gasteiger partial charge is 0.462 e. The maximum Gasteiger partial charge on any atom is 0.302 e. The number of aliphatic hydroxyl groups is 2. The first-order chi connectivity index (χ1) is 6.16. The molecule has 0 amide bonds. The van der Waals surface area contributed by atoms with Gasteiger partial charge in [0.2, 0.25) is 0 Å². The van der Waals surface area contributed by atoms with Gasteiger partial charge in [-0.05, 0) is 12.8 Å². The average Bonchev–Trinajstić information content (AvgIpc) is 2.10. The monoisotopic (exact) mass is 188 g/mol. The number of carbonyl (C=O) groups excluding carboxylic acids is 1. The highest BCUT2D eigenvalue weighted by molar-refractivity contribution is 5.65. The van der Waals surface area contributed by atoms with Gasteiger partial charge < -0.3 is 14.9 Å². The Kier molecular flexibility index (Phi) is 7.24. The second-order valence-electron chi connectivity index (χ2n) is 2.69. The third-order valence-electron chi connectivity index (χ3n) is 1.43. The Bertz CT molecular complexity index is 165. The molecule has 0 aromatic rings. The summed E-state index contributed by atoms with van der Waals surface area (Å²) in [5, 5.41) is 17.4. The molecule has 0 aliphatic rings. The quantitative estimate of drug-likeness (QED) is 0.463. The van der Waals surface area contributed by atoms with E-state index in [-0.39, 0.29) is 19.2 Å². The number of rotatable bonds is 6. The van der Waals surface area contributed by atoms with Crippen molar-refractivity contribution < 1.29 is 19.7 Å². The van der Waals surface area contributed by atoms with Crippen LogP contribution in [0.2, 0.25) is 0 Å². The van der Waals surface area contributed by atoms with Crippen molar-refractivity contribution in [3.63, 3.8) is 0 Å². The van der Waals surface area contributed by atoms with E-state index in [0.29, 0.717) is 12.8 Å². The third kappa shape index (κ3) is 9.04. The van der Waals surface area contributed by atoms with Crippen molar-refractivity contribution in [1.29, 1.82) is 0 Å². The SMILES string of the molecule is CC(=O)OC/C=C/CC[C@H](O)CO. The first-order valence-corrected chi connectivity index (χ1v) is 4.24. The third-order valence-corrected chi connectivity index (χ3v) is 1.43. The second-order valence-corrected chi connectivity index (χ2v) is 2.69. The van der Waals surface area contributed by atoms with Crippen molar-refractivity contribution in [1.82, 2.24) is 0 Å². The molecule has 0 saturated heterocycles. The van der Waals surface area contributed by atoms with Crippen molar-refractivity contribution >= 4 is 5.97 Å². The Balaban J connectivity index is 3.26. The predicted molar refractivity (Wildman–Crippen MR) is 48.1 cm³/mol. The molecular formula is C9H16O4. The van der Waals surface area contributed by atoms with E-state index in [1.165, 1.54) is 6.92 Å². The van der Waals surface area contributed by atoms with Crippen LogP contribution in [0.25, 0.3) is 0 Å². The fourth-order valence-corrected chi connectivity index (χ4v) is 0.731. The number of ether oxygens (including phenoxy) is 1. The summed E-state index contributed by atoms with van der Waals surface area (Å²) >= 11 is 0. The van der Waals surface area contributed by atoms with Crippen molar-refractivity contribution in [2.75, 3.05) is 13.2 Å². The average molecular weight is 188 g/mol. The zero-order valence-electron chi connectivity index (χ0n) is 7.77. The summed E-state index contributed by atoms with van der Waals surface area (Å²) in [4.78, 5) is 10.3. The molecule has 0 fully saturated rings. The molecular weight excluding hydrogens is 172 g/mol. The summed E-state index contributed by atoms with van der Waals surface area (Å²) in [5.41, 5.74) is 0. The van der Waals surface area contributed by atoms with E-state index in [1.54, 1.807) is 6.08 Å². The van der Waals surface area contributed by atoms with Crippen LogP contribution in [0.3, 0.4) is 0 Å². The van der Waals surface area contributed by atoms with E-state index in [4.69, 9.17) is 10.2 Å². The van der Waals surface area contributed by atoms with Crippen LogP contribution in [0.1, 0.15) is 19.8 Å². The molecule has 4 heteroatoms. The van der Waals surface area contributed by atoms with Crippen LogP contribution >= 0.6 is 0 Å². The van der Waals surface area contributed by atoms with Gasteiger partial charge in [0.25, 0.3) is 0 Å². The smallest absolute Gasteiger partial charge is 0.302 e. The molecule has 0 aromatic heterocycles. The molecule has 13 heavy (non-hydrogen) atoms. The maximum atomic E-state index is 10.3. The van der Waals surface area contributed by atoms with Gasteiger partial charge in [-0.25, -0.2) is 0 Å². The van der Waals surface area contributed by atoms with Crippen molar-refractivity contribution in [3.8, 4) is 0 Å². The fourth-order valence-electron chi connectivity index (χ4n) is 0.731. The molecule has 0 saturated carbocycles. The maximum absolute atomic E-state index is 10.3. The summed E-state index contributed by atoms with van der Waals surface area (Å²) in [6.45, 7) is 1.41. The minimum absolute atomic E-state index is 0.211. The molecule has 4 nitrogen and oxygen atoms in total. The fraction of sp³-hybridized carbons (Fsp3) is 0.667. The van der Waals surface area contributed by atoms with E-state index in [9.17, 15) is 4.79 Å². The van der Waals surface area contributed by atoms with Gasteiger partial charge in [-0.1, -0.05) is 12.2 Å². The van der Waals surface area contributed by atoms with E-state index in [0.717, 1.165) is 0 Å². The standard InChI is InChI=1S/C9H16O4/c1-8(11)13-6-4-2-3-5-9(12)7-10/h2,4,9-10,12H,3,5-7H2,1H3/b4-2+/t9-/m0/s1. The Hall–Kier alpha value is -0.870. The van der Waals surface area contributed by atoms with Crippen LogP contribution in [-0.4, -0.2) is 35.5 Å². The normalized spacial score (nSPS) is 13.2. The number of hydrogen-bond acceptors (Lipinski definition) is 4. The zero-order valence-corrected chi connectivity index (χ0v) is 7.77. The summed E-state index contributed by atoms with van der Waals surface area (Å²) in [7, 11) is 0. The van der Waals surface area contributed by atoms with E-state index >= 15 is 0 Å². The summed E-state index contributed by atoms with van der Waals surface area (Å²) in [6.07, 6.45) is 4.06. The Morgan fingerprint density at radius 2 is 2.23 bits per heavy atom. The Morgan fingerprint density at radius 1 is 1.54 bits per heavy atom. The van der Waals surface area contributed by atoms with Gasteiger partial charge in [0, 0.05) is 6.92 Å². The second kappa shape index (κ2) is 7.76. The van der Waals surface area contributed by atoms with Crippen molar-refractivity contribution in [2.24, 2.45) is 0 Å². The molecule has 1 atom stereocenters. The van der Waals surface area contributed by atoms with Crippen LogP contribution in [0.4, 0.5) is 0 Å². The lowest BCUT2D eigenvalue weighted by atomic mass is 10.2. The number of hydrogen-bond donors (Lipinski definition) is 2. The predicted octanol–water partition coefficient (Wildman–Crippen LogP) is 0.239. The summed E-state index contributed by atoms with van der Waals surface area (Å²) < 4.78 is 4.64. The van der Waals surface area contributed by atoms with E-state index in [2.05, 4.69) is 4.74 Å². The molecule has 0 aromatic carbocycles. The molecule has 0 bridgehead atoms. The molecule has 0 aliphatic carbocycles. The Morgan fingerprint density at radius 3 is 2.77 bits per heavy atom. The molecule has 0 radical (unpaired) electrons. The lowest BCUT2D eigenvalue weighted by molar-refractivity contribution is -0.139. The molecule has 0 spiro atoms. The molecule has 0 unspecified atom stereocenters. The molecule has 2 N–H and O–H groups in total. The lowest BCUT2D eigenvalue weighted by Gasteiger charge is -2.02. The molecule has 76 valence electrons. The minimum atomic E-state index is -0.654. The highest BCUT2D eigenvalue weighted by atomic mass is 16.5. The van der Waals surface area contributed by atoms with Crippen molar-refractivity contribution in [2.45, 2.75) is 25.9 Å². The van der Waals surface area contributed by atoms with E-state index < -0.39 is 6.10 Å². The summed E-state index contributed by atoms with van der Waals surface area (Å²) in [5.74, 6) is -0.306. The summed E-state index contributed by atoms with van der Waals surface area (Å²) in [6, 6.07) is 0. The zero-order chi connectivity index (χ0) is 10.1. The number of esters is 1. The minimum Gasteiger partial charge on any atom is -0.462 e. The van der Waals surface area contributed by atoms with Gasteiger partial charge in [0.1, 0.15) is 6.61 Å². The van der Waals surface area contributed by atoms with Gasteiger partial charge in [0.15, 0.2) is 0 Å². The highest BCUT2D eigenvalue weighted by Crippen LogP contribution is 1.96. The van der Waals surface area contributed by atoms with Gasteiger partial charge in [-0.2, -0.15) is 0 Å². The van der Waals surface area contributed by atoms with Crippen LogP contribution < -0.4 is 0 Å². The lowest BCUT2D eigenvalue weighted by Crippen LogP contribution is -2.10. The van der Waals surface area contributed by atoms with Crippen LogP contribution in [0.5, 0.6) is 0 Å². The van der Waals surface area contributed by atoms with Gasteiger partial charge >= 0.3 is 5.97 Å². The highest BCUT2D eigenvalue weighted by Gasteiger charge is 1.97. The molecule has 0 rings (SSSR count). The first-order valence-electron chi connectivity index (χ1n) is 4.24. The van der Waals surface area contributed by atoms with E-state index in [1.807, 2.05) is 6.08 Å². The number of carbonyl (C=O) groups is 1. The number of allylic oxidation sites excluding steroid dienone is 1. The van der Waals surface area contributed by atoms with Gasteiger partial charge in [-0.3, -0.25) is 4.79 Å². The van der Waals surface area contributed by atoms with Crippen molar-refractivity contribution in [3.05, 3.63) is 12.2 Å². The molecule has 0 aliphatic heterocycles. The topological polar surface area (TPSA) is 66.8 Å². The van der Waals surface area contributed by atoms with Gasteiger partial charge in [0.05, 0.1) is 12.7 Å². The first kappa shape index (κ1) is 12.1. The van der Waals surface area contributed by atoms with Crippen LogP contribution in [-0.2, 0) is 9.53 Å². The number of aliphatic hydroxyl groups excluding tert-OH is 2. The van der Waals surface area contributed by atoms with Gasteiger partial charge in [-0.15, -0.1) is 0 Å². The van der Waals surface area contributed by atoms with Crippen LogP contribution in [0, 0.1) is 0 Å². The Labute approximate surface area is 77.8 Å². The van der Waals surface area contributed by atoms with Crippen LogP contribution in [0.15, 0.2) is 12.2 Å².